The number of amides is 2. The van der Waals surface area contributed by atoms with E-state index in [0.29, 0.717) is 75.0 Å². The molecular weight excluding hydrogens is 1650 g/mol. The normalized spacial score (nSPS) is 15.3. The van der Waals surface area contributed by atoms with Crippen molar-refractivity contribution < 1.29 is 77.3 Å². The molecule has 116 heavy (non-hydrogen) atoms. The highest BCUT2D eigenvalue weighted by atomic mass is 79.9. The number of ether oxygens (including phenoxy) is 2. The number of carbonyl (C=O) groups is 5. The number of rotatable bonds is 28. The molecule has 0 unspecified atom stereocenters. The molecule has 35 nitrogen and oxygen atoms in total. The van der Waals surface area contributed by atoms with E-state index in [1.165, 1.54) is 54.7 Å². The first-order valence-corrected chi connectivity index (χ1v) is 44.0. The lowest BCUT2D eigenvalue weighted by molar-refractivity contribution is -0.145. The lowest BCUT2D eigenvalue weighted by atomic mass is 10.1. The third-order valence-electron chi connectivity index (χ3n) is 17.7. The first-order chi connectivity index (χ1) is 55.2. The molecule has 4 fully saturated rings. The molecule has 0 spiro atoms. The van der Waals surface area contributed by atoms with E-state index in [2.05, 4.69) is 86.5 Å². The van der Waals surface area contributed by atoms with Gasteiger partial charge in [-0.2, -0.15) is 5.10 Å². The lowest BCUT2D eigenvalue weighted by Crippen LogP contribution is -2.49. The number of esters is 2. The van der Waals surface area contributed by atoms with Crippen LogP contribution in [0.4, 0.5) is 0 Å². The molecule has 0 saturated carbocycles. The second-order valence-electron chi connectivity index (χ2n) is 26.4. The highest BCUT2D eigenvalue weighted by molar-refractivity contribution is 9.08. The molecule has 2 amide bonds. The van der Waals surface area contributed by atoms with Crippen LogP contribution >= 0.6 is 15.9 Å². The number of para-hydroxylation sites is 2. The lowest BCUT2D eigenvalue weighted by Gasteiger charge is -2.34. The molecule has 4 aliphatic rings. The Balaban J connectivity index is 0.000000304. The predicted octanol–water partition coefficient (Wildman–Crippen LogP) is 0.928. The van der Waals surface area contributed by atoms with Crippen LogP contribution in [-0.4, -0.2) is 259 Å². The summed E-state index contributed by atoms with van der Waals surface area (Å²) in [4.78, 5) is 71.9. The summed E-state index contributed by atoms with van der Waals surface area (Å²) in [7, 11) is -14.5. The third-order valence-corrected chi connectivity index (χ3v) is 22.1. The molecule has 0 radical (unpaired) electrons. The predicted molar refractivity (Wildman–Crippen MR) is 447 cm³/mol. The summed E-state index contributed by atoms with van der Waals surface area (Å²) >= 11 is 3.25. The molecule has 10 rings (SSSR count). The van der Waals surface area contributed by atoms with Gasteiger partial charge in [-0.25, -0.2) is 65.5 Å². The molecule has 6 aromatic carbocycles. The minimum absolute atomic E-state index is 0.0624. The fourth-order valence-electron chi connectivity index (χ4n) is 11.6. The van der Waals surface area contributed by atoms with Gasteiger partial charge in [0.1, 0.15) is 11.5 Å². The zero-order valence-electron chi connectivity index (χ0n) is 65.4. The van der Waals surface area contributed by atoms with Gasteiger partial charge in [0.05, 0.1) is 70.8 Å². The molecule has 19 N–H and O–H groups in total. The minimum atomic E-state index is -3.68. The maximum Gasteiger partial charge on any atom is 0.320 e. The largest absolute Gasteiger partial charge is 0.507 e. The van der Waals surface area contributed by atoms with Gasteiger partial charge in [-0.3, -0.25) is 75.4 Å². The molecule has 0 bridgehead atoms. The number of hydrogen-bond donors (Lipinski definition) is 12. The Labute approximate surface area is 689 Å². The van der Waals surface area contributed by atoms with Gasteiger partial charge in [-0.05, 0) is 121 Å². The second kappa shape index (κ2) is 52.2. The highest BCUT2D eigenvalue weighted by Crippen LogP contribution is 2.24. The summed E-state index contributed by atoms with van der Waals surface area (Å²) in [5, 5.41) is 47.8. The average Bonchev–Trinajstić information content (AvgIpc) is 0.880. The van der Waals surface area contributed by atoms with Gasteiger partial charge in [-0.1, -0.05) is 101 Å². The van der Waals surface area contributed by atoms with Gasteiger partial charge in [0.2, 0.25) is 46.0 Å². The number of primary sulfonamides is 4. The molecule has 4 aliphatic heterocycles. The van der Waals surface area contributed by atoms with Crippen molar-refractivity contribution in [3.63, 3.8) is 0 Å². The van der Waals surface area contributed by atoms with E-state index < -0.39 is 40.1 Å². The number of aldehydes is 1. The summed E-state index contributed by atoms with van der Waals surface area (Å²) < 4.78 is 99.0. The summed E-state index contributed by atoms with van der Waals surface area (Å²) in [6, 6.07) is 36.6. The van der Waals surface area contributed by atoms with Crippen LogP contribution in [0.2, 0.25) is 0 Å². The summed E-state index contributed by atoms with van der Waals surface area (Å²) in [6.07, 6.45) is 6.59. The van der Waals surface area contributed by atoms with E-state index in [1.54, 1.807) is 91.9 Å². The van der Waals surface area contributed by atoms with E-state index in [0.717, 1.165) is 151 Å². The number of nitrogens with zero attached hydrogens (tertiary/aromatic N) is 8. The Kier molecular flexibility index (Phi) is 44.8. The summed E-state index contributed by atoms with van der Waals surface area (Å²) in [5.74, 6) is 12.6. The van der Waals surface area contributed by atoms with Crippen LogP contribution in [-0.2, 0) is 107 Å². The maximum atomic E-state index is 12.2. The SMILES string of the molecule is C=CCc1cccc(/C=N/NC(=O)CN2CCN(Cc3ccc(S(N)(=O)=O)cc3)CC2)c1O.C=CCc1cccc(C=O)c1O.CCOC(=O)CN1CCN(Cc2ccc(S(N)(=O)=O)cc2)CC1.CCOC(=O)CN1CCNCC1.NN.NNC(=O)CN1CCN(Cc2ccc(S(N)(=O)=O)cc2)CC1.NS(=O)(=O)c1ccc(CBr)cc1. The molecule has 4 heterocycles. The van der Waals surface area contributed by atoms with Crippen LogP contribution in [0.1, 0.15) is 63.1 Å². The van der Waals surface area contributed by atoms with Gasteiger partial charge in [0.25, 0.3) is 5.91 Å². The van der Waals surface area contributed by atoms with Crippen molar-refractivity contribution in [2.75, 3.05) is 144 Å². The number of alkyl halides is 1. The number of phenolic OH excluding ortho intramolecular Hbond substituents is 2. The van der Waals surface area contributed by atoms with Crippen LogP contribution in [0.25, 0.3) is 0 Å². The Morgan fingerprint density at radius 3 is 1.08 bits per heavy atom. The molecule has 6 aromatic rings. The standard InChI is InChI=1S/C23H29N5O4S.C15H23N3O4S.C13H21N5O3S.C10H10O2.C8H16N2O2.C7H8BrNO2S.H4N2/c1-2-4-19-5-3-6-20(23(19)30)15-25-26-22(29)17-28-13-11-27(12-14-28)16-18-7-9-21(10-8-18)33(24,31)32;1-2-22-15(19)12-18-9-7-17(8-10-18)11-13-3-5-14(6-4-13)23(16,20)21;14-16-13(19)10-18-7-5-17(6-8-18)9-11-1-3-12(4-2-11)22(15,20)21;1-2-4-8-5-3-6-9(7-11)10(8)12;1-2-12-8(11)7-10-5-3-9-4-6-10;8-5-6-1-3-7(4-2-6)12(9,10)11;1-2/h2-3,5-10,15,30H,1,4,11-14,16-17H2,(H,26,29)(H2,24,31,32);3-6H,2,7-12H2,1H3,(H2,16,20,21);1-4H,5-10,14H2,(H,16,19)(H2,15,20,21);2-3,5-7,12H,1,4H2;9H,2-7H2,1H3;1-4H,5H2,(H2,9,10,11);1-2H2/b25-15+;;;;;;. The molecule has 0 aromatic heterocycles. The van der Waals surface area contributed by atoms with Crippen molar-refractivity contribution in [1.29, 1.82) is 0 Å². The van der Waals surface area contributed by atoms with E-state index in [9.17, 15) is 67.9 Å². The Bertz CT molecular complexity index is 4550. The number of nitrogens with two attached hydrogens (primary N) is 7. The first kappa shape index (κ1) is 99.7. The topological polar surface area (TPSA) is 534 Å². The van der Waals surface area contributed by atoms with Gasteiger partial charge < -0.3 is 25.0 Å². The van der Waals surface area contributed by atoms with Gasteiger partial charge in [0.15, 0.2) is 6.29 Å². The van der Waals surface area contributed by atoms with E-state index in [1.807, 2.05) is 28.9 Å². The quantitative estimate of drug-likeness (QED) is 0.00475. The monoisotopic (exact) mass is 1750 g/mol. The number of sulfonamides is 4. The first-order valence-electron chi connectivity index (χ1n) is 36.7. The number of hydrogen-bond acceptors (Lipinski definition) is 29. The number of aromatic hydroxyl groups is 2. The Morgan fingerprint density at radius 1 is 0.466 bits per heavy atom. The van der Waals surface area contributed by atoms with Crippen molar-refractivity contribution in [2.45, 2.75) is 71.2 Å². The van der Waals surface area contributed by atoms with Crippen molar-refractivity contribution in [3.05, 3.63) is 203 Å². The number of benzene rings is 6. The molecule has 40 heteroatoms. The van der Waals surface area contributed by atoms with Crippen LogP contribution < -0.4 is 54.3 Å². The van der Waals surface area contributed by atoms with Crippen molar-refractivity contribution in [1.82, 2.24) is 50.5 Å². The number of allylic oxidation sites excluding steroid dienone is 2. The number of phenols is 2. The van der Waals surface area contributed by atoms with Gasteiger partial charge >= 0.3 is 11.9 Å². The zero-order chi connectivity index (χ0) is 85.9. The number of hydrazine groups is 2. The number of hydrazone groups is 1. The Morgan fingerprint density at radius 2 is 0.767 bits per heavy atom. The number of nitrogens with one attached hydrogen (secondary N) is 3. The van der Waals surface area contributed by atoms with Crippen molar-refractivity contribution in [3.8, 4) is 11.5 Å². The third kappa shape index (κ3) is 38.1. The van der Waals surface area contributed by atoms with Crippen LogP contribution in [0, 0.1) is 0 Å². The van der Waals surface area contributed by atoms with E-state index >= 15 is 0 Å². The van der Waals surface area contributed by atoms with Crippen LogP contribution in [0.5, 0.6) is 11.5 Å². The van der Waals surface area contributed by atoms with Crippen LogP contribution in [0.15, 0.2) is 183 Å². The molecule has 638 valence electrons. The Hall–Kier alpha value is -8.70. The minimum Gasteiger partial charge on any atom is -0.507 e. The maximum absolute atomic E-state index is 12.2. The summed E-state index contributed by atoms with van der Waals surface area (Å²) in [6.45, 7) is 28.7. The van der Waals surface area contributed by atoms with Gasteiger partial charge in [-0.15, -0.1) is 13.2 Å². The molecule has 4 saturated heterocycles. The smallest absolute Gasteiger partial charge is 0.320 e. The van der Waals surface area contributed by atoms with Gasteiger partial charge in [0, 0.05) is 135 Å². The fourth-order valence-corrected chi connectivity index (χ4v) is 14.0. The number of piperazine rings is 4. The summed E-state index contributed by atoms with van der Waals surface area (Å²) in [5.41, 5.74) is 11.1. The number of halogens is 1. The molecule has 0 atom stereocenters. The van der Waals surface area contributed by atoms with Crippen molar-refractivity contribution in [2.24, 2.45) is 43.2 Å². The zero-order valence-corrected chi connectivity index (χ0v) is 70.2. The molecule has 0 aliphatic carbocycles. The average molecular weight is 1760 g/mol. The molecular formula is C76H111BrN18O17S4. The van der Waals surface area contributed by atoms with Crippen LogP contribution in [0.3, 0.4) is 0 Å². The fraction of sp³-hybridized carbons (Fsp3) is 0.395. The van der Waals surface area contributed by atoms with E-state index in [-0.39, 0.29) is 61.4 Å². The second-order valence-corrected chi connectivity index (χ2v) is 33.2. The highest BCUT2D eigenvalue weighted by Gasteiger charge is 2.24. The van der Waals surface area contributed by atoms with Crippen molar-refractivity contribution >= 4 is 92.3 Å². The van der Waals surface area contributed by atoms with E-state index in [4.69, 9.17) is 35.9 Å². The number of carbonyl (C=O) groups excluding carboxylic acids is 5.